The zero-order valence-corrected chi connectivity index (χ0v) is 22.1. The summed E-state index contributed by atoms with van der Waals surface area (Å²) in [6.45, 7) is 9.74. The van der Waals surface area contributed by atoms with Crippen LogP contribution in [0.1, 0.15) is 24.0 Å². The molecule has 188 valence electrons. The second-order valence-corrected chi connectivity index (χ2v) is 9.69. The zero-order chi connectivity index (χ0) is 25.5. The summed E-state index contributed by atoms with van der Waals surface area (Å²) in [5.41, 5.74) is 11.0. The molecule has 0 saturated carbocycles. The van der Waals surface area contributed by atoms with Crippen LogP contribution in [0.15, 0.2) is 79.1 Å². The number of nitriles is 1. The maximum Gasteiger partial charge on any atom is 0.0765 e. The first-order valence-electron chi connectivity index (χ1n) is 12.0. The molecule has 0 bridgehead atoms. The Kier molecular flexibility index (Phi) is 12.8. The molecule has 0 heterocycles. The van der Waals surface area contributed by atoms with Gasteiger partial charge in [-0.2, -0.15) is 5.26 Å². The molecule has 0 amide bonds. The van der Waals surface area contributed by atoms with E-state index in [0.29, 0.717) is 19.0 Å². The topological polar surface area (TPSA) is 80.3 Å². The van der Waals surface area contributed by atoms with Crippen LogP contribution >= 0.6 is 11.9 Å². The molecule has 0 aliphatic heterocycles. The number of benzene rings is 2. The molecule has 7 heteroatoms. The van der Waals surface area contributed by atoms with Gasteiger partial charge in [-0.25, -0.2) is 0 Å². The van der Waals surface area contributed by atoms with Gasteiger partial charge >= 0.3 is 0 Å². The Morgan fingerprint density at radius 3 is 2.57 bits per heavy atom. The lowest BCUT2D eigenvalue weighted by Gasteiger charge is -2.28. The summed E-state index contributed by atoms with van der Waals surface area (Å²) in [4.78, 5) is 4.53. The predicted molar refractivity (Wildman–Crippen MR) is 151 cm³/mol. The molecule has 2 unspecified atom stereocenters. The highest BCUT2D eigenvalue weighted by atomic mass is 32.2. The number of rotatable bonds is 16. The van der Waals surface area contributed by atoms with Crippen molar-refractivity contribution in [2.45, 2.75) is 18.6 Å². The maximum atomic E-state index is 9.14. The van der Waals surface area contributed by atoms with Crippen molar-refractivity contribution < 1.29 is 0 Å². The van der Waals surface area contributed by atoms with E-state index in [1.165, 1.54) is 16.8 Å². The number of nitrogens with one attached hydrogen (secondary N) is 2. The molecule has 2 aromatic rings. The van der Waals surface area contributed by atoms with Crippen LogP contribution in [0.4, 0.5) is 5.69 Å². The minimum atomic E-state index is -0.176. The normalized spacial score (nSPS) is 13.2. The van der Waals surface area contributed by atoms with E-state index in [2.05, 4.69) is 102 Å². The lowest BCUT2D eigenvalue weighted by Crippen LogP contribution is -2.38. The average Bonchev–Trinajstić information content (AvgIpc) is 2.87. The Hall–Kier alpha value is -2.92. The Morgan fingerprint density at radius 2 is 1.89 bits per heavy atom. The van der Waals surface area contributed by atoms with Crippen molar-refractivity contribution >= 4 is 17.6 Å². The van der Waals surface area contributed by atoms with Gasteiger partial charge in [0, 0.05) is 70.2 Å². The van der Waals surface area contributed by atoms with Gasteiger partial charge in [0.15, 0.2) is 0 Å². The van der Waals surface area contributed by atoms with Gasteiger partial charge in [0.1, 0.15) is 0 Å². The molecule has 2 aromatic carbocycles. The highest BCUT2D eigenvalue weighted by molar-refractivity contribution is 7.96. The first-order chi connectivity index (χ1) is 16.9. The quantitative estimate of drug-likeness (QED) is 0.183. The molecule has 0 aliphatic carbocycles. The molecule has 2 rings (SSSR count). The van der Waals surface area contributed by atoms with E-state index >= 15 is 0 Å². The van der Waals surface area contributed by atoms with Gasteiger partial charge in [0.25, 0.3) is 0 Å². The molecular formula is C28H40N6S. The Labute approximate surface area is 216 Å². The molecular weight excluding hydrogens is 452 g/mol. The molecule has 0 aliphatic rings. The van der Waals surface area contributed by atoms with E-state index in [1.807, 2.05) is 12.3 Å². The van der Waals surface area contributed by atoms with Gasteiger partial charge in [0.05, 0.1) is 12.0 Å². The summed E-state index contributed by atoms with van der Waals surface area (Å²) in [6, 6.07) is 21.2. The third-order valence-electron chi connectivity index (χ3n) is 5.72. The minimum absolute atomic E-state index is 0.176. The molecule has 0 spiro atoms. The zero-order valence-electron chi connectivity index (χ0n) is 21.3. The van der Waals surface area contributed by atoms with Crippen molar-refractivity contribution in [1.29, 1.82) is 5.26 Å². The summed E-state index contributed by atoms with van der Waals surface area (Å²) < 4.78 is 3.28. The first-order valence-corrected chi connectivity index (χ1v) is 13.0. The number of anilines is 1. The number of nitrogens with two attached hydrogens (primary N) is 1. The minimum Gasteiger partial charge on any atom is -0.400 e. The first kappa shape index (κ1) is 28.3. The SMILES string of the molecule is C=CC(C#N)CNCCN(C/C(N)=C/NSCc1ccccc1)CC(C)c1ccccc1N(C)C. The van der Waals surface area contributed by atoms with E-state index in [-0.39, 0.29) is 5.92 Å². The van der Waals surface area contributed by atoms with Crippen molar-refractivity contribution in [3.63, 3.8) is 0 Å². The van der Waals surface area contributed by atoms with Crippen LogP contribution in [-0.2, 0) is 5.75 Å². The van der Waals surface area contributed by atoms with Crippen LogP contribution in [-0.4, -0.2) is 51.7 Å². The van der Waals surface area contributed by atoms with Gasteiger partial charge < -0.3 is 20.7 Å². The summed E-state index contributed by atoms with van der Waals surface area (Å²) in [6.07, 6.45) is 3.58. The Balaban J connectivity index is 1.98. The summed E-state index contributed by atoms with van der Waals surface area (Å²) in [5, 5.41) is 12.5. The standard InChI is InChI=1S/C28H40N6S/c1-5-24(17-29)18-31-15-16-34(20-23(2)27-13-9-10-14-28(27)33(3)4)21-26(30)19-32-35-22-25-11-7-6-8-12-25/h5-14,19,23-24,31-32H,1,15-16,18,20-22,30H2,2-4H3/b26-19-. The van der Waals surface area contributed by atoms with Crippen LogP contribution in [0.5, 0.6) is 0 Å². The van der Waals surface area contributed by atoms with Crippen molar-refractivity contribution in [2.75, 3.05) is 51.7 Å². The second kappa shape index (κ2) is 15.9. The van der Waals surface area contributed by atoms with Crippen LogP contribution in [0.3, 0.4) is 0 Å². The molecule has 0 fully saturated rings. The van der Waals surface area contributed by atoms with Gasteiger partial charge in [-0.3, -0.25) is 4.90 Å². The van der Waals surface area contributed by atoms with Crippen molar-refractivity contribution in [1.82, 2.24) is 14.9 Å². The maximum absolute atomic E-state index is 9.14. The molecule has 2 atom stereocenters. The van der Waals surface area contributed by atoms with Crippen LogP contribution in [0.2, 0.25) is 0 Å². The fourth-order valence-corrected chi connectivity index (χ4v) is 4.51. The summed E-state index contributed by atoms with van der Waals surface area (Å²) in [7, 11) is 4.16. The largest absolute Gasteiger partial charge is 0.400 e. The number of para-hydroxylation sites is 1. The van der Waals surface area contributed by atoms with Gasteiger partial charge in [-0.1, -0.05) is 61.5 Å². The van der Waals surface area contributed by atoms with Crippen LogP contribution < -0.4 is 20.7 Å². The van der Waals surface area contributed by atoms with Gasteiger partial charge in [-0.15, -0.1) is 6.58 Å². The van der Waals surface area contributed by atoms with E-state index in [0.717, 1.165) is 31.1 Å². The molecule has 4 N–H and O–H groups in total. The monoisotopic (exact) mass is 492 g/mol. The third-order valence-corrected chi connectivity index (χ3v) is 6.48. The number of hydrogen-bond donors (Lipinski definition) is 3. The van der Waals surface area contributed by atoms with Gasteiger partial charge in [-0.05, 0) is 35.1 Å². The predicted octanol–water partition coefficient (Wildman–Crippen LogP) is 4.31. The lowest BCUT2D eigenvalue weighted by molar-refractivity contribution is 0.279. The van der Waals surface area contributed by atoms with Crippen LogP contribution in [0.25, 0.3) is 0 Å². The number of nitrogens with zero attached hydrogens (tertiary/aromatic N) is 3. The average molecular weight is 493 g/mol. The second-order valence-electron chi connectivity index (χ2n) is 8.88. The van der Waals surface area contributed by atoms with Crippen LogP contribution in [0, 0.1) is 17.2 Å². The lowest BCUT2D eigenvalue weighted by atomic mass is 9.98. The molecule has 6 nitrogen and oxygen atoms in total. The highest BCUT2D eigenvalue weighted by Crippen LogP contribution is 2.27. The Bertz CT molecular complexity index is 953. The smallest absolute Gasteiger partial charge is 0.0765 e. The third kappa shape index (κ3) is 10.5. The van der Waals surface area contributed by atoms with Crippen molar-refractivity contribution in [3.05, 3.63) is 90.3 Å². The van der Waals surface area contributed by atoms with E-state index in [9.17, 15) is 0 Å². The fraction of sp³-hybridized carbons (Fsp3) is 0.393. The number of hydrogen-bond acceptors (Lipinski definition) is 7. The van der Waals surface area contributed by atoms with E-state index in [4.69, 9.17) is 11.0 Å². The Morgan fingerprint density at radius 1 is 1.17 bits per heavy atom. The van der Waals surface area contributed by atoms with Crippen molar-refractivity contribution in [3.8, 4) is 6.07 Å². The molecule has 0 saturated heterocycles. The molecule has 35 heavy (non-hydrogen) atoms. The van der Waals surface area contributed by atoms with Crippen molar-refractivity contribution in [2.24, 2.45) is 11.7 Å². The molecule has 0 radical (unpaired) electrons. The fourth-order valence-electron chi connectivity index (χ4n) is 3.83. The summed E-state index contributed by atoms with van der Waals surface area (Å²) >= 11 is 1.62. The van der Waals surface area contributed by atoms with Gasteiger partial charge in [0.2, 0.25) is 0 Å². The molecule has 0 aromatic heterocycles. The summed E-state index contributed by atoms with van der Waals surface area (Å²) in [5.74, 6) is 1.03. The highest BCUT2D eigenvalue weighted by Gasteiger charge is 2.16. The van der Waals surface area contributed by atoms with E-state index in [1.54, 1.807) is 18.0 Å². The van der Waals surface area contributed by atoms with E-state index < -0.39 is 0 Å².